The Morgan fingerprint density at radius 3 is 2.33 bits per heavy atom. The summed E-state index contributed by atoms with van der Waals surface area (Å²) < 4.78 is 25.9. The summed E-state index contributed by atoms with van der Waals surface area (Å²) in [5.74, 6) is -0.294. The number of nitrogens with zero attached hydrogens (tertiary/aromatic N) is 2. The number of hydrogen-bond acceptors (Lipinski definition) is 3. The van der Waals surface area contributed by atoms with Crippen molar-refractivity contribution in [3.8, 4) is 0 Å². The molecule has 1 amide bonds. The number of halogens is 1. The van der Waals surface area contributed by atoms with Crippen LogP contribution < -0.4 is 0 Å². The van der Waals surface area contributed by atoms with Gasteiger partial charge in [-0.05, 0) is 29.8 Å². The standard InChI is InChI=1S/C17H19ClN2O3S/c1-19(12-14-7-6-8-15(18)11-14)17(21)13-20(2)24(22,23)16-9-4-3-5-10-16/h3-11H,12-13H2,1-2H3. The molecule has 0 bridgehead atoms. The molecule has 0 atom stereocenters. The maximum absolute atomic E-state index is 12.4. The highest BCUT2D eigenvalue weighted by Gasteiger charge is 2.24. The van der Waals surface area contributed by atoms with Gasteiger partial charge in [-0.2, -0.15) is 4.31 Å². The van der Waals surface area contributed by atoms with Gasteiger partial charge in [0.05, 0.1) is 11.4 Å². The lowest BCUT2D eigenvalue weighted by atomic mass is 10.2. The fourth-order valence-electron chi connectivity index (χ4n) is 2.17. The van der Waals surface area contributed by atoms with Crippen LogP contribution in [0.25, 0.3) is 0 Å². The lowest BCUT2D eigenvalue weighted by Gasteiger charge is -2.22. The Morgan fingerprint density at radius 2 is 1.71 bits per heavy atom. The van der Waals surface area contributed by atoms with E-state index >= 15 is 0 Å². The zero-order valence-corrected chi connectivity index (χ0v) is 15.1. The Bertz CT molecular complexity index is 810. The minimum absolute atomic E-state index is 0.165. The minimum Gasteiger partial charge on any atom is -0.340 e. The van der Waals surface area contributed by atoms with Crippen LogP contribution in [0.4, 0.5) is 0 Å². The van der Waals surface area contributed by atoms with Crippen molar-refractivity contribution >= 4 is 27.5 Å². The first-order valence-electron chi connectivity index (χ1n) is 7.30. The molecule has 2 aromatic carbocycles. The van der Waals surface area contributed by atoms with E-state index in [0.717, 1.165) is 9.87 Å². The third-order valence-electron chi connectivity index (χ3n) is 3.54. The lowest BCUT2D eigenvalue weighted by molar-refractivity contribution is -0.130. The Labute approximate surface area is 147 Å². The van der Waals surface area contributed by atoms with Gasteiger partial charge in [-0.15, -0.1) is 0 Å². The Balaban J connectivity index is 2.03. The van der Waals surface area contributed by atoms with Crippen molar-refractivity contribution < 1.29 is 13.2 Å². The second-order valence-corrected chi connectivity index (χ2v) is 7.94. The van der Waals surface area contributed by atoms with E-state index in [1.807, 2.05) is 12.1 Å². The molecule has 0 heterocycles. The molecule has 128 valence electrons. The summed E-state index contributed by atoms with van der Waals surface area (Å²) in [6, 6.07) is 15.2. The third kappa shape index (κ3) is 4.56. The molecule has 0 aliphatic carbocycles. The maximum Gasteiger partial charge on any atom is 0.243 e. The fourth-order valence-corrected chi connectivity index (χ4v) is 3.52. The summed E-state index contributed by atoms with van der Waals surface area (Å²) in [4.78, 5) is 13.9. The zero-order chi connectivity index (χ0) is 17.7. The molecule has 0 fully saturated rings. The van der Waals surface area contributed by atoms with Crippen LogP contribution in [0.5, 0.6) is 0 Å². The molecule has 24 heavy (non-hydrogen) atoms. The van der Waals surface area contributed by atoms with E-state index in [4.69, 9.17) is 11.6 Å². The second kappa shape index (κ2) is 7.79. The summed E-state index contributed by atoms with van der Waals surface area (Å²) in [7, 11) is -0.655. The van der Waals surface area contributed by atoms with Gasteiger partial charge < -0.3 is 4.90 Å². The SMILES string of the molecule is CN(Cc1cccc(Cl)c1)C(=O)CN(C)S(=O)(=O)c1ccccc1. The fraction of sp³-hybridized carbons (Fsp3) is 0.235. The minimum atomic E-state index is -3.68. The summed E-state index contributed by atoms with van der Waals surface area (Å²) in [6.45, 7) is 0.132. The zero-order valence-electron chi connectivity index (χ0n) is 13.5. The van der Waals surface area contributed by atoms with Crippen LogP contribution in [-0.2, 0) is 21.4 Å². The van der Waals surface area contributed by atoms with E-state index in [1.165, 1.54) is 24.1 Å². The molecule has 0 aliphatic rings. The quantitative estimate of drug-likeness (QED) is 0.789. The molecule has 2 rings (SSSR count). The number of benzene rings is 2. The Morgan fingerprint density at radius 1 is 1.04 bits per heavy atom. The van der Waals surface area contributed by atoms with Crippen molar-refractivity contribution in [2.24, 2.45) is 0 Å². The van der Waals surface area contributed by atoms with Crippen molar-refractivity contribution in [1.29, 1.82) is 0 Å². The molecule has 0 radical (unpaired) electrons. The van der Waals surface area contributed by atoms with Crippen molar-refractivity contribution in [3.63, 3.8) is 0 Å². The summed E-state index contributed by atoms with van der Waals surface area (Å²) >= 11 is 5.93. The van der Waals surface area contributed by atoms with Crippen LogP contribution in [0.1, 0.15) is 5.56 Å². The molecule has 7 heteroatoms. The number of sulfonamides is 1. The number of likely N-dealkylation sites (N-methyl/N-ethyl adjacent to an activating group) is 2. The number of amides is 1. The van der Waals surface area contributed by atoms with Crippen LogP contribution in [0, 0.1) is 0 Å². The average Bonchev–Trinajstić information content (AvgIpc) is 2.55. The molecular formula is C17H19ClN2O3S. The number of carbonyl (C=O) groups is 1. The Hall–Kier alpha value is -1.89. The van der Waals surface area contributed by atoms with Crippen LogP contribution >= 0.6 is 11.6 Å². The van der Waals surface area contributed by atoms with Crippen molar-refractivity contribution in [2.75, 3.05) is 20.6 Å². The maximum atomic E-state index is 12.4. The predicted molar refractivity (Wildman–Crippen MR) is 94.2 cm³/mol. The first-order valence-corrected chi connectivity index (χ1v) is 9.12. The van der Waals surface area contributed by atoms with Gasteiger partial charge in [-0.1, -0.05) is 41.9 Å². The first-order chi connectivity index (χ1) is 11.3. The average molecular weight is 367 g/mol. The van der Waals surface area contributed by atoms with Crippen molar-refractivity contribution in [3.05, 3.63) is 65.2 Å². The lowest BCUT2D eigenvalue weighted by Crippen LogP contribution is -2.39. The molecule has 2 aromatic rings. The molecule has 0 aliphatic heterocycles. The van der Waals surface area contributed by atoms with Gasteiger partial charge >= 0.3 is 0 Å². The van der Waals surface area contributed by atoms with Gasteiger partial charge in [0.25, 0.3) is 0 Å². The van der Waals surface area contributed by atoms with Crippen molar-refractivity contribution in [2.45, 2.75) is 11.4 Å². The summed E-state index contributed by atoms with van der Waals surface area (Å²) in [5, 5.41) is 0.595. The van der Waals surface area contributed by atoms with Gasteiger partial charge in [0.1, 0.15) is 0 Å². The molecule has 0 unspecified atom stereocenters. The molecule has 0 saturated heterocycles. The second-order valence-electron chi connectivity index (χ2n) is 5.45. The molecular weight excluding hydrogens is 348 g/mol. The van der Waals surface area contributed by atoms with Crippen LogP contribution in [-0.4, -0.2) is 44.2 Å². The van der Waals surface area contributed by atoms with Gasteiger partial charge in [0.15, 0.2) is 0 Å². The molecule has 0 saturated carbocycles. The highest BCUT2D eigenvalue weighted by Crippen LogP contribution is 2.15. The monoisotopic (exact) mass is 366 g/mol. The topological polar surface area (TPSA) is 57.7 Å². The normalized spacial score (nSPS) is 11.5. The highest BCUT2D eigenvalue weighted by molar-refractivity contribution is 7.89. The van der Waals surface area contributed by atoms with E-state index in [2.05, 4.69) is 0 Å². The van der Waals surface area contributed by atoms with Crippen LogP contribution in [0.2, 0.25) is 5.02 Å². The summed E-state index contributed by atoms with van der Waals surface area (Å²) in [6.07, 6.45) is 0. The molecule has 0 aromatic heterocycles. The van der Waals surface area contributed by atoms with Crippen molar-refractivity contribution in [1.82, 2.24) is 9.21 Å². The van der Waals surface area contributed by atoms with E-state index < -0.39 is 10.0 Å². The predicted octanol–water partition coefficient (Wildman–Crippen LogP) is 2.62. The van der Waals surface area contributed by atoms with Crippen LogP contribution in [0.15, 0.2) is 59.5 Å². The van der Waals surface area contributed by atoms with E-state index in [1.54, 1.807) is 37.4 Å². The molecule has 0 N–H and O–H groups in total. The van der Waals surface area contributed by atoms with E-state index in [0.29, 0.717) is 11.6 Å². The third-order valence-corrected chi connectivity index (χ3v) is 5.60. The number of hydrogen-bond donors (Lipinski definition) is 0. The van der Waals surface area contributed by atoms with E-state index in [9.17, 15) is 13.2 Å². The smallest absolute Gasteiger partial charge is 0.243 e. The van der Waals surface area contributed by atoms with E-state index in [-0.39, 0.29) is 17.3 Å². The largest absolute Gasteiger partial charge is 0.340 e. The highest BCUT2D eigenvalue weighted by atomic mass is 35.5. The van der Waals surface area contributed by atoms with Gasteiger partial charge in [0, 0.05) is 25.7 Å². The summed E-state index contributed by atoms with van der Waals surface area (Å²) in [5.41, 5.74) is 0.881. The molecule has 0 spiro atoms. The van der Waals surface area contributed by atoms with Crippen LogP contribution in [0.3, 0.4) is 0 Å². The number of carbonyl (C=O) groups excluding carboxylic acids is 1. The van der Waals surface area contributed by atoms with Gasteiger partial charge in [-0.3, -0.25) is 4.79 Å². The van der Waals surface area contributed by atoms with Gasteiger partial charge in [0.2, 0.25) is 15.9 Å². The van der Waals surface area contributed by atoms with Gasteiger partial charge in [-0.25, -0.2) is 8.42 Å². The molecule has 5 nitrogen and oxygen atoms in total. The Kier molecular flexibility index (Phi) is 5.99. The first kappa shape index (κ1) is 18.4. The number of rotatable bonds is 6.